The number of nitrogens with zero attached hydrogens (tertiary/aromatic N) is 1. The summed E-state index contributed by atoms with van der Waals surface area (Å²) < 4.78 is 0. The van der Waals surface area contributed by atoms with E-state index in [-0.39, 0.29) is 0 Å². The van der Waals surface area contributed by atoms with Crippen LogP contribution < -0.4 is 0 Å². The molecule has 1 nitrogen and oxygen atoms in total. The maximum Gasteiger partial charge on any atom is 0.0270 e. The molecule has 22 heavy (non-hydrogen) atoms. The number of hydrogen-bond donors (Lipinski definition) is 0. The molecule has 0 fully saturated rings. The average molecular weight is 307 g/mol. The van der Waals surface area contributed by atoms with Crippen LogP contribution in [0.25, 0.3) is 10.8 Å². The van der Waals surface area contributed by atoms with Crippen molar-refractivity contribution in [2.45, 2.75) is 30.6 Å². The Morgan fingerprint density at radius 1 is 0.955 bits per heavy atom. The molecule has 0 saturated heterocycles. The van der Waals surface area contributed by atoms with Crippen LogP contribution in [0.1, 0.15) is 31.2 Å². The van der Waals surface area contributed by atoms with Gasteiger partial charge in [0.1, 0.15) is 0 Å². The van der Waals surface area contributed by atoms with Crippen molar-refractivity contribution in [3.8, 4) is 0 Å². The van der Waals surface area contributed by atoms with Gasteiger partial charge in [0.25, 0.3) is 0 Å². The summed E-state index contributed by atoms with van der Waals surface area (Å²) in [5.74, 6) is 1.79. The van der Waals surface area contributed by atoms with Crippen LogP contribution in [0.5, 0.6) is 0 Å². The van der Waals surface area contributed by atoms with Gasteiger partial charge in [0.2, 0.25) is 0 Å². The van der Waals surface area contributed by atoms with Gasteiger partial charge < -0.3 is 0 Å². The van der Waals surface area contributed by atoms with E-state index in [1.165, 1.54) is 39.8 Å². The third-order valence-corrected chi connectivity index (χ3v) is 5.13. The maximum absolute atomic E-state index is 4.08. The Labute approximate surface area is 136 Å². The zero-order valence-corrected chi connectivity index (χ0v) is 13.7. The Hall–Kier alpha value is -1.80. The van der Waals surface area contributed by atoms with Gasteiger partial charge in [-0.2, -0.15) is 0 Å². The molecule has 1 unspecified atom stereocenters. The van der Waals surface area contributed by atoms with Crippen LogP contribution in [-0.4, -0.2) is 10.7 Å². The molecule has 0 saturated carbocycles. The van der Waals surface area contributed by atoms with Gasteiger partial charge in [0.15, 0.2) is 0 Å². The highest BCUT2D eigenvalue weighted by Gasteiger charge is 2.05. The van der Waals surface area contributed by atoms with Gasteiger partial charge >= 0.3 is 0 Å². The second kappa shape index (κ2) is 7.46. The van der Waals surface area contributed by atoms with E-state index in [0.717, 1.165) is 0 Å². The first-order valence-corrected chi connectivity index (χ1v) is 8.83. The van der Waals surface area contributed by atoms with Gasteiger partial charge in [-0.1, -0.05) is 37.3 Å². The second-order valence-electron chi connectivity index (χ2n) is 5.68. The van der Waals surface area contributed by atoms with E-state index < -0.39 is 0 Å². The van der Waals surface area contributed by atoms with E-state index in [1.807, 2.05) is 24.2 Å². The third kappa shape index (κ3) is 3.89. The molecule has 0 N–H and O–H groups in total. The second-order valence-corrected chi connectivity index (χ2v) is 6.85. The van der Waals surface area contributed by atoms with Crippen LogP contribution in [0, 0.1) is 0 Å². The number of benzene rings is 2. The standard InChI is InChI=1S/C20H21NS/c1-16(17-10-12-21-13-11-17)5-4-14-22-20-9-8-18-6-2-3-7-19(18)15-20/h2-3,6-13,15-16H,4-5,14H2,1H3. The topological polar surface area (TPSA) is 12.9 Å². The summed E-state index contributed by atoms with van der Waals surface area (Å²) in [5, 5.41) is 2.65. The minimum Gasteiger partial charge on any atom is -0.265 e. The lowest BCUT2D eigenvalue weighted by molar-refractivity contribution is 0.668. The molecule has 0 spiro atoms. The largest absolute Gasteiger partial charge is 0.265 e. The Balaban J connectivity index is 1.50. The van der Waals surface area contributed by atoms with E-state index in [1.54, 1.807) is 0 Å². The number of rotatable bonds is 6. The van der Waals surface area contributed by atoms with Crippen LogP contribution >= 0.6 is 11.8 Å². The van der Waals surface area contributed by atoms with Crippen molar-refractivity contribution in [1.29, 1.82) is 0 Å². The van der Waals surface area contributed by atoms with Crippen molar-refractivity contribution in [2.75, 3.05) is 5.75 Å². The molecule has 3 rings (SSSR count). The maximum atomic E-state index is 4.08. The average Bonchev–Trinajstić information content (AvgIpc) is 2.59. The molecule has 1 heterocycles. The predicted molar refractivity (Wildman–Crippen MR) is 96.6 cm³/mol. The Morgan fingerprint density at radius 3 is 2.55 bits per heavy atom. The van der Waals surface area contributed by atoms with Crippen molar-refractivity contribution in [1.82, 2.24) is 4.98 Å². The van der Waals surface area contributed by atoms with Crippen LogP contribution in [0.15, 0.2) is 71.9 Å². The fourth-order valence-electron chi connectivity index (χ4n) is 2.70. The van der Waals surface area contributed by atoms with Gasteiger partial charge in [0.05, 0.1) is 0 Å². The zero-order chi connectivity index (χ0) is 15.2. The summed E-state index contributed by atoms with van der Waals surface area (Å²) in [4.78, 5) is 5.46. The van der Waals surface area contributed by atoms with Crippen LogP contribution in [0.3, 0.4) is 0 Å². The number of fused-ring (bicyclic) bond motifs is 1. The first kappa shape index (κ1) is 15.1. The van der Waals surface area contributed by atoms with Gasteiger partial charge in [-0.3, -0.25) is 4.98 Å². The minimum atomic E-state index is 0.611. The summed E-state index contributed by atoms with van der Waals surface area (Å²) >= 11 is 1.96. The molecule has 0 aliphatic heterocycles. The van der Waals surface area contributed by atoms with E-state index in [4.69, 9.17) is 0 Å². The fraction of sp³-hybridized carbons (Fsp3) is 0.250. The molecular weight excluding hydrogens is 286 g/mol. The van der Waals surface area contributed by atoms with Crippen molar-refractivity contribution >= 4 is 22.5 Å². The number of aromatic nitrogens is 1. The quantitative estimate of drug-likeness (QED) is 0.414. The zero-order valence-electron chi connectivity index (χ0n) is 12.9. The van der Waals surface area contributed by atoms with Gasteiger partial charge in [-0.05, 0) is 65.1 Å². The number of pyridine rings is 1. The Kier molecular flexibility index (Phi) is 5.12. The van der Waals surface area contributed by atoms with Gasteiger partial charge in [0, 0.05) is 17.3 Å². The molecule has 2 heteroatoms. The highest BCUT2D eigenvalue weighted by molar-refractivity contribution is 7.99. The minimum absolute atomic E-state index is 0.611. The Morgan fingerprint density at radius 2 is 1.73 bits per heavy atom. The van der Waals surface area contributed by atoms with Crippen molar-refractivity contribution < 1.29 is 0 Å². The molecule has 0 bridgehead atoms. The van der Waals surface area contributed by atoms with Gasteiger partial charge in [-0.25, -0.2) is 0 Å². The van der Waals surface area contributed by atoms with E-state index >= 15 is 0 Å². The van der Waals surface area contributed by atoms with E-state index in [2.05, 4.69) is 66.5 Å². The molecule has 0 aliphatic rings. The van der Waals surface area contributed by atoms with Gasteiger partial charge in [-0.15, -0.1) is 11.8 Å². The first-order valence-electron chi connectivity index (χ1n) is 7.84. The summed E-state index contributed by atoms with van der Waals surface area (Å²) in [6, 6.07) is 19.6. The molecule has 3 aromatic rings. The van der Waals surface area contributed by atoms with Crippen molar-refractivity contribution in [2.24, 2.45) is 0 Å². The summed E-state index contributed by atoms with van der Waals surface area (Å²) in [6.07, 6.45) is 6.23. The third-order valence-electron chi connectivity index (χ3n) is 4.05. The predicted octanol–water partition coefficient (Wildman–Crippen LogP) is 5.91. The van der Waals surface area contributed by atoms with Crippen LogP contribution in [0.4, 0.5) is 0 Å². The first-order chi connectivity index (χ1) is 10.8. The molecular formula is C20H21NS. The highest BCUT2D eigenvalue weighted by atomic mass is 32.2. The van der Waals surface area contributed by atoms with Crippen LogP contribution in [0.2, 0.25) is 0 Å². The number of hydrogen-bond acceptors (Lipinski definition) is 2. The molecule has 2 aromatic carbocycles. The highest BCUT2D eigenvalue weighted by Crippen LogP contribution is 2.26. The molecule has 1 atom stereocenters. The molecule has 0 aliphatic carbocycles. The summed E-state index contributed by atoms with van der Waals surface area (Å²) in [5.41, 5.74) is 1.39. The SMILES string of the molecule is CC(CCCSc1ccc2ccccc2c1)c1ccncc1. The lowest BCUT2D eigenvalue weighted by Crippen LogP contribution is -1.94. The molecule has 1 aromatic heterocycles. The van der Waals surface area contributed by atoms with Crippen molar-refractivity contribution in [3.63, 3.8) is 0 Å². The summed E-state index contributed by atoms with van der Waals surface area (Å²) in [6.45, 7) is 2.30. The molecule has 112 valence electrons. The smallest absolute Gasteiger partial charge is 0.0270 e. The molecule has 0 radical (unpaired) electrons. The lowest BCUT2D eigenvalue weighted by Gasteiger charge is -2.11. The fourth-order valence-corrected chi connectivity index (χ4v) is 3.62. The normalized spacial score (nSPS) is 12.4. The Bertz CT molecular complexity index is 724. The summed E-state index contributed by atoms with van der Waals surface area (Å²) in [7, 11) is 0. The van der Waals surface area contributed by atoms with E-state index in [9.17, 15) is 0 Å². The van der Waals surface area contributed by atoms with Crippen molar-refractivity contribution in [3.05, 3.63) is 72.6 Å². The monoisotopic (exact) mass is 307 g/mol. The number of thioether (sulfide) groups is 1. The lowest BCUT2D eigenvalue weighted by atomic mass is 9.98. The molecule has 0 amide bonds. The van der Waals surface area contributed by atoms with E-state index in [0.29, 0.717) is 5.92 Å². The van der Waals surface area contributed by atoms with Crippen LogP contribution in [-0.2, 0) is 0 Å².